The second-order valence-corrected chi connectivity index (χ2v) is 20.7. The highest BCUT2D eigenvalue weighted by atomic mass is 28.4. The molecule has 0 aliphatic heterocycles. The zero-order chi connectivity index (χ0) is 25.2. The Balaban J connectivity index is 2.64. The van der Waals surface area contributed by atoms with Crippen LogP contribution < -0.4 is 14.2 Å². The van der Waals surface area contributed by atoms with E-state index in [1.165, 1.54) is 6.08 Å². The largest absolute Gasteiger partial charge is 0.493 e. The van der Waals surface area contributed by atoms with E-state index in [1.807, 2.05) is 6.92 Å². The molecule has 0 saturated carbocycles. The lowest BCUT2D eigenvalue weighted by Crippen LogP contribution is -2.43. The van der Waals surface area contributed by atoms with Crippen molar-refractivity contribution in [1.29, 1.82) is 0 Å². The summed E-state index contributed by atoms with van der Waals surface area (Å²) in [6.45, 7) is 15.0. The molecule has 1 aromatic rings. The summed E-state index contributed by atoms with van der Waals surface area (Å²) in [7, 11) is 0.698. The van der Waals surface area contributed by atoms with Crippen molar-refractivity contribution in [3.05, 3.63) is 23.8 Å². The fraction of sp³-hybridized carbons (Fsp3) is 0.609. The topological polar surface area (TPSA) is 72.5 Å². The van der Waals surface area contributed by atoms with Crippen LogP contribution in [-0.4, -0.2) is 65.5 Å². The molecule has 0 N–H and O–H groups in total. The Bertz CT molecular complexity index is 744. The SMILES string of the molecule is COc1cc(C=CC(=O)OC(C)CC[SiH2]C(O[Si](C)(C)C)O[Si](C)(C)C)cc(OC)c1OC. The number of ether oxygens (including phenoxy) is 4. The average molecular weight is 515 g/mol. The molecule has 1 aromatic carbocycles. The first kappa shape index (κ1) is 29.4. The van der Waals surface area contributed by atoms with Gasteiger partial charge in [-0.15, -0.1) is 0 Å². The van der Waals surface area contributed by atoms with Gasteiger partial charge in [-0.3, -0.25) is 0 Å². The van der Waals surface area contributed by atoms with Crippen molar-refractivity contribution >= 4 is 38.2 Å². The van der Waals surface area contributed by atoms with Crippen molar-refractivity contribution in [3.63, 3.8) is 0 Å². The zero-order valence-electron chi connectivity index (χ0n) is 21.9. The first-order valence-corrected chi connectivity index (χ1v) is 20.0. The highest BCUT2D eigenvalue weighted by Gasteiger charge is 2.27. The van der Waals surface area contributed by atoms with E-state index < -0.39 is 26.2 Å². The average Bonchev–Trinajstić information content (AvgIpc) is 2.68. The van der Waals surface area contributed by atoms with E-state index in [4.69, 9.17) is 27.8 Å². The molecule has 0 fully saturated rings. The van der Waals surface area contributed by atoms with Crippen molar-refractivity contribution in [2.24, 2.45) is 0 Å². The van der Waals surface area contributed by atoms with Crippen LogP contribution in [0.1, 0.15) is 18.9 Å². The number of hydrogen-bond acceptors (Lipinski definition) is 7. The zero-order valence-corrected chi connectivity index (χ0v) is 25.4. The van der Waals surface area contributed by atoms with Gasteiger partial charge in [0.15, 0.2) is 28.1 Å². The van der Waals surface area contributed by atoms with E-state index in [2.05, 4.69) is 39.3 Å². The molecule has 0 bridgehead atoms. The molecule has 1 rings (SSSR count). The maximum absolute atomic E-state index is 12.3. The van der Waals surface area contributed by atoms with Crippen LogP contribution >= 0.6 is 0 Å². The second kappa shape index (κ2) is 13.3. The molecule has 0 spiro atoms. The van der Waals surface area contributed by atoms with Gasteiger partial charge in [-0.2, -0.15) is 0 Å². The highest BCUT2D eigenvalue weighted by Crippen LogP contribution is 2.38. The molecule has 0 aliphatic rings. The lowest BCUT2D eigenvalue weighted by Gasteiger charge is -2.31. The molecule has 0 heterocycles. The molecule has 10 heteroatoms. The summed E-state index contributed by atoms with van der Waals surface area (Å²) in [5.74, 6) is 1.13. The molecule has 1 unspecified atom stereocenters. The monoisotopic (exact) mass is 514 g/mol. The van der Waals surface area contributed by atoms with Crippen molar-refractivity contribution in [1.82, 2.24) is 0 Å². The normalized spacial score (nSPS) is 13.7. The third-order valence-electron chi connectivity index (χ3n) is 4.44. The predicted molar refractivity (Wildman–Crippen MR) is 141 cm³/mol. The quantitative estimate of drug-likeness (QED) is 0.155. The minimum Gasteiger partial charge on any atom is -0.493 e. The van der Waals surface area contributed by atoms with Gasteiger partial charge >= 0.3 is 5.97 Å². The summed E-state index contributed by atoms with van der Waals surface area (Å²) < 4.78 is 34.1. The molecule has 7 nitrogen and oxygen atoms in total. The summed E-state index contributed by atoms with van der Waals surface area (Å²) in [6.07, 6.45) is 3.72. The van der Waals surface area contributed by atoms with Crippen LogP contribution in [0.15, 0.2) is 18.2 Å². The molecule has 188 valence electrons. The molecule has 0 aromatic heterocycles. The standard InChI is InChI=1S/C23H42O7Si3/c1-17(13-14-31-23(29-32(5,6)7)30-33(8,9)10)28-21(24)12-11-18-15-19(25-2)22(27-4)20(16-18)26-3/h11-12,15-17,23H,13-14,31H2,1-10H3. The van der Waals surface area contributed by atoms with E-state index in [-0.39, 0.29) is 18.0 Å². The maximum Gasteiger partial charge on any atom is 0.331 e. The fourth-order valence-corrected chi connectivity index (χ4v) is 10.0. The van der Waals surface area contributed by atoms with Crippen LogP contribution in [0.4, 0.5) is 0 Å². The highest BCUT2D eigenvalue weighted by molar-refractivity contribution is 6.71. The van der Waals surface area contributed by atoms with Crippen molar-refractivity contribution < 1.29 is 32.6 Å². The van der Waals surface area contributed by atoms with Gasteiger partial charge in [0, 0.05) is 6.08 Å². The minimum absolute atomic E-state index is 0.0498. The first-order chi connectivity index (χ1) is 15.3. The van der Waals surface area contributed by atoms with E-state index in [0.29, 0.717) is 17.2 Å². The molecule has 0 saturated heterocycles. The van der Waals surface area contributed by atoms with Crippen LogP contribution in [0.2, 0.25) is 45.3 Å². The number of esters is 1. The van der Waals surface area contributed by atoms with Crippen molar-refractivity contribution in [2.45, 2.75) is 70.7 Å². The van der Waals surface area contributed by atoms with Crippen LogP contribution in [0.3, 0.4) is 0 Å². The second-order valence-electron chi connectivity index (χ2n) is 9.86. The number of carbonyl (C=O) groups excluding carboxylic acids is 1. The Morgan fingerprint density at radius 3 is 1.88 bits per heavy atom. The molecule has 0 aliphatic carbocycles. The summed E-state index contributed by atoms with van der Waals surface area (Å²) >= 11 is 0. The third kappa shape index (κ3) is 11.9. The molecule has 1 atom stereocenters. The number of methoxy groups -OCH3 is 3. The van der Waals surface area contributed by atoms with Gasteiger partial charge in [0.25, 0.3) is 0 Å². The molecule has 0 radical (unpaired) electrons. The van der Waals surface area contributed by atoms with E-state index in [0.717, 1.165) is 18.0 Å². The van der Waals surface area contributed by atoms with Gasteiger partial charge in [-0.25, -0.2) is 4.79 Å². The van der Waals surface area contributed by atoms with Gasteiger partial charge in [-0.1, -0.05) is 6.04 Å². The lowest BCUT2D eigenvalue weighted by atomic mass is 10.1. The summed E-state index contributed by atoms with van der Waals surface area (Å²) in [6, 6.07) is 4.54. The molecule has 33 heavy (non-hydrogen) atoms. The Morgan fingerprint density at radius 1 is 0.939 bits per heavy atom. The first-order valence-electron chi connectivity index (χ1n) is 11.3. The maximum atomic E-state index is 12.3. The molecular formula is C23H42O7Si3. The molecule has 0 amide bonds. The Hall–Kier alpha value is -1.60. The van der Waals surface area contributed by atoms with Crippen LogP contribution in [-0.2, 0) is 18.4 Å². The summed E-state index contributed by atoms with van der Waals surface area (Å²) in [5.41, 5.74) is 0.747. The Labute approximate surface area is 203 Å². The van der Waals surface area contributed by atoms with Crippen molar-refractivity contribution in [3.8, 4) is 17.2 Å². The Morgan fingerprint density at radius 2 is 1.45 bits per heavy atom. The van der Waals surface area contributed by atoms with Gasteiger partial charge in [0.05, 0.1) is 37.0 Å². The number of rotatable bonds is 14. The number of benzene rings is 1. The molecular weight excluding hydrogens is 473 g/mol. The van der Waals surface area contributed by atoms with Crippen LogP contribution in [0, 0.1) is 0 Å². The minimum atomic E-state index is -1.67. The smallest absolute Gasteiger partial charge is 0.331 e. The van der Waals surface area contributed by atoms with Crippen LogP contribution in [0.5, 0.6) is 17.2 Å². The Kier molecular flexibility index (Phi) is 11.9. The van der Waals surface area contributed by atoms with E-state index in [9.17, 15) is 4.79 Å². The van der Waals surface area contributed by atoms with Gasteiger partial charge in [0.1, 0.15) is 5.91 Å². The third-order valence-corrected chi connectivity index (χ3v) is 8.66. The van der Waals surface area contributed by atoms with Crippen LogP contribution in [0.25, 0.3) is 6.08 Å². The fourth-order valence-electron chi connectivity index (χ4n) is 3.16. The number of carbonyl (C=O) groups is 1. The number of hydrogen-bond donors (Lipinski definition) is 0. The van der Waals surface area contributed by atoms with E-state index >= 15 is 0 Å². The van der Waals surface area contributed by atoms with Gasteiger partial charge in [0.2, 0.25) is 5.75 Å². The predicted octanol–water partition coefficient (Wildman–Crippen LogP) is 4.62. The van der Waals surface area contributed by atoms with Gasteiger partial charge < -0.3 is 27.8 Å². The summed E-state index contributed by atoms with van der Waals surface area (Å²) in [5, 5.41) is 0. The summed E-state index contributed by atoms with van der Waals surface area (Å²) in [4.78, 5) is 12.3. The lowest BCUT2D eigenvalue weighted by molar-refractivity contribution is -0.142. The van der Waals surface area contributed by atoms with Gasteiger partial charge in [-0.05, 0) is 76.4 Å². The van der Waals surface area contributed by atoms with E-state index in [1.54, 1.807) is 39.5 Å². The van der Waals surface area contributed by atoms with Crippen molar-refractivity contribution in [2.75, 3.05) is 21.3 Å².